The molecule has 0 heterocycles. The van der Waals surface area contributed by atoms with Crippen LogP contribution in [0.25, 0.3) is 0 Å². The highest BCUT2D eigenvalue weighted by Gasteiger charge is 2.41. The van der Waals surface area contributed by atoms with E-state index in [1.807, 2.05) is 5.32 Å². The molecule has 1 aromatic carbocycles. The van der Waals surface area contributed by atoms with Crippen molar-refractivity contribution < 1.29 is 22.8 Å². The summed E-state index contributed by atoms with van der Waals surface area (Å²) in [6, 6.07) is 7.68. The van der Waals surface area contributed by atoms with Crippen LogP contribution >= 0.6 is 0 Å². The number of benzene rings is 1. The number of carbonyl (C=O) groups excluding carboxylic acids is 1. The van der Waals surface area contributed by atoms with Gasteiger partial charge in [-0.2, -0.15) is 13.2 Å². The molecular weight excluding hydrogens is 285 g/mol. The largest absolute Gasteiger partial charge is 0.471 e. The zero-order chi connectivity index (χ0) is 16.0. The van der Waals surface area contributed by atoms with E-state index >= 15 is 0 Å². The molecule has 0 unspecified atom stereocenters. The summed E-state index contributed by atoms with van der Waals surface area (Å²) in [6.07, 6.45) is -4.94. The molecule has 0 aliphatic carbocycles. The van der Waals surface area contributed by atoms with E-state index in [4.69, 9.17) is 4.84 Å². The van der Waals surface area contributed by atoms with Gasteiger partial charge in [-0.05, 0) is 5.92 Å². The summed E-state index contributed by atoms with van der Waals surface area (Å²) in [4.78, 5) is 15.9. The van der Waals surface area contributed by atoms with Gasteiger partial charge in [0.05, 0.1) is 6.04 Å². The van der Waals surface area contributed by atoms with Crippen molar-refractivity contribution in [2.75, 3.05) is 7.11 Å². The molecule has 4 nitrogen and oxygen atoms in total. The first-order valence-corrected chi connectivity index (χ1v) is 6.31. The highest BCUT2D eigenvalue weighted by molar-refractivity contribution is 6.06. The summed E-state index contributed by atoms with van der Waals surface area (Å²) in [6.45, 7) is 3.38. The van der Waals surface area contributed by atoms with E-state index in [0.29, 0.717) is 5.56 Å². The fourth-order valence-corrected chi connectivity index (χ4v) is 1.77. The minimum absolute atomic E-state index is 0.241. The van der Waals surface area contributed by atoms with Gasteiger partial charge in [-0.15, -0.1) is 0 Å². The quantitative estimate of drug-likeness (QED) is 0.671. The van der Waals surface area contributed by atoms with Crippen LogP contribution in [0.4, 0.5) is 13.2 Å². The summed E-state index contributed by atoms with van der Waals surface area (Å²) in [7, 11) is 1.30. The van der Waals surface area contributed by atoms with Crippen molar-refractivity contribution in [2.24, 2.45) is 11.1 Å². The zero-order valence-electron chi connectivity index (χ0n) is 11.9. The van der Waals surface area contributed by atoms with Gasteiger partial charge in [0, 0.05) is 5.56 Å². The van der Waals surface area contributed by atoms with Gasteiger partial charge in [-0.1, -0.05) is 49.3 Å². The van der Waals surface area contributed by atoms with Crippen LogP contribution in [0.2, 0.25) is 0 Å². The Hall–Kier alpha value is -2.05. The normalized spacial score (nSPS) is 14.0. The Morgan fingerprint density at radius 1 is 1.24 bits per heavy atom. The molecule has 0 aliphatic heterocycles. The molecule has 116 valence electrons. The third kappa shape index (κ3) is 4.77. The zero-order valence-corrected chi connectivity index (χ0v) is 11.9. The Balaban J connectivity index is 3.12. The van der Waals surface area contributed by atoms with Gasteiger partial charge in [0.25, 0.3) is 0 Å². The first kappa shape index (κ1) is 17.0. The van der Waals surface area contributed by atoms with Crippen molar-refractivity contribution in [1.82, 2.24) is 5.32 Å². The summed E-state index contributed by atoms with van der Waals surface area (Å²) in [5.74, 6) is -2.30. The van der Waals surface area contributed by atoms with Gasteiger partial charge in [0.15, 0.2) is 0 Å². The Bertz CT molecular complexity index is 499. The van der Waals surface area contributed by atoms with E-state index in [9.17, 15) is 18.0 Å². The Morgan fingerprint density at radius 3 is 2.24 bits per heavy atom. The maximum Gasteiger partial charge on any atom is 0.471 e. The molecule has 7 heteroatoms. The molecule has 0 fully saturated rings. The summed E-state index contributed by atoms with van der Waals surface area (Å²) in [5.41, 5.74) is 0.825. The molecule has 0 bridgehead atoms. The van der Waals surface area contributed by atoms with E-state index in [0.717, 1.165) is 0 Å². The number of carbonyl (C=O) groups is 1. The maximum absolute atomic E-state index is 12.4. The fraction of sp³-hybridized carbons (Fsp3) is 0.429. The molecule has 0 radical (unpaired) electrons. The Labute approximate surface area is 121 Å². The summed E-state index contributed by atoms with van der Waals surface area (Å²) < 4.78 is 37.3. The van der Waals surface area contributed by atoms with E-state index in [-0.39, 0.29) is 11.6 Å². The number of halogens is 3. The molecular formula is C14H17F3N2O2. The predicted molar refractivity (Wildman–Crippen MR) is 72.8 cm³/mol. The highest BCUT2D eigenvalue weighted by atomic mass is 19.4. The van der Waals surface area contributed by atoms with Crippen LogP contribution < -0.4 is 5.32 Å². The van der Waals surface area contributed by atoms with Crippen molar-refractivity contribution in [2.45, 2.75) is 26.1 Å². The second-order valence-corrected chi connectivity index (χ2v) is 4.72. The van der Waals surface area contributed by atoms with Crippen LogP contribution in [0.3, 0.4) is 0 Å². The standard InChI is InChI=1S/C14H17F3N2O2/c1-9(2)11(18-13(20)14(15,16)17)12(19-21-3)10-7-5-4-6-8-10/h4-9,11H,1-3H3,(H,18,20)/t11-/m0/s1. The molecule has 0 saturated heterocycles. The molecule has 21 heavy (non-hydrogen) atoms. The van der Waals surface area contributed by atoms with Crippen LogP contribution in [-0.4, -0.2) is 30.9 Å². The lowest BCUT2D eigenvalue weighted by atomic mass is 9.94. The first-order chi connectivity index (χ1) is 9.77. The number of alkyl halides is 3. The monoisotopic (exact) mass is 302 g/mol. The molecule has 0 spiro atoms. The lowest BCUT2D eigenvalue weighted by molar-refractivity contribution is -0.174. The summed E-state index contributed by atoms with van der Waals surface area (Å²) in [5, 5.41) is 5.75. The van der Waals surface area contributed by atoms with Crippen molar-refractivity contribution >= 4 is 11.6 Å². The second-order valence-electron chi connectivity index (χ2n) is 4.72. The van der Waals surface area contributed by atoms with Crippen molar-refractivity contribution in [3.8, 4) is 0 Å². The van der Waals surface area contributed by atoms with Crippen molar-refractivity contribution in [3.05, 3.63) is 35.9 Å². The predicted octanol–water partition coefficient (Wildman–Crippen LogP) is 2.74. The van der Waals surface area contributed by atoms with Crippen LogP contribution in [0.15, 0.2) is 35.5 Å². The van der Waals surface area contributed by atoms with Gasteiger partial charge >= 0.3 is 12.1 Å². The van der Waals surface area contributed by atoms with Gasteiger partial charge in [-0.3, -0.25) is 4.79 Å². The molecule has 1 amide bonds. The lowest BCUT2D eigenvalue weighted by Crippen LogP contribution is -2.49. The van der Waals surface area contributed by atoms with Gasteiger partial charge in [-0.25, -0.2) is 0 Å². The van der Waals surface area contributed by atoms with Crippen LogP contribution in [-0.2, 0) is 9.63 Å². The molecule has 0 aromatic heterocycles. The minimum Gasteiger partial charge on any atom is -0.399 e. The molecule has 0 saturated carbocycles. The number of rotatable bonds is 5. The summed E-state index contributed by atoms with van der Waals surface area (Å²) >= 11 is 0. The SMILES string of the molecule is CON=C(c1ccccc1)[C@@H](NC(=O)C(F)(F)F)C(C)C. The first-order valence-electron chi connectivity index (χ1n) is 6.31. The van der Waals surface area contributed by atoms with Crippen LogP contribution in [0, 0.1) is 5.92 Å². The number of hydrogen-bond donors (Lipinski definition) is 1. The molecule has 1 N–H and O–H groups in total. The van der Waals surface area contributed by atoms with Crippen LogP contribution in [0.5, 0.6) is 0 Å². The fourth-order valence-electron chi connectivity index (χ4n) is 1.77. The van der Waals surface area contributed by atoms with Crippen molar-refractivity contribution in [3.63, 3.8) is 0 Å². The number of amides is 1. The Morgan fingerprint density at radius 2 is 1.81 bits per heavy atom. The molecule has 1 atom stereocenters. The highest BCUT2D eigenvalue weighted by Crippen LogP contribution is 2.18. The van der Waals surface area contributed by atoms with Gasteiger partial charge < -0.3 is 10.2 Å². The lowest BCUT2D eigenvalue weighted by Gasteiger charge is -2.24. The smallest absolute Gasteiger partial charge is 0.399 e. The van der Waals surface area contributed by atoms with E-state index in [2.05, 4.69) is 5.16 Å². The van der Waals surface area contributed by atoms with E-state index < -0.39 is 18.1 Å². The average molecular weight is 302 g/mol. The van der Waals surface area contributed by atoms with Crippen LogP contribution in [0.1, 0.15) is 19.4 Å². The van der Waals surface area contributed by atoms with Gasteiger partial charge in [0.2, 0.25) is 0 Å². The molecule has 1 rings (SSSR count). The number of hydrogen-bond acceptors (Lipinski definition) is 3. The number of nitrogens with zero attached hydrogens (tertiary/aromatic N) is 1. The Kier molecular flexibility index (Phi) is 5.75. The van der Waals surface area contributed by atoms with Gasteiger partial charge in [0.1, 0.15) is 12.8 Å². The minimum atomic E-state index is -4.94. The third-order valence-corrected chi connectivity index (χ3v) is 2.76. The van der Waals surface area contributed by atoms with E-state index in [1.165, 1.54) is 7.11 Å². The second kappa shape index (κ2) is 7.10. The average Bonchev–Trinajstić information content (AvgIpc) is 2.42. The number of oxime groups is 1. The number of nitrogens with one attached hydrogen (secondary N) is 1. The van der Waals surface area contributed by atoms with E-state index in [1.54, 1.807) is 44.2 Å². The topological polar surface area (TPSA) is 50.7 Å². The molecule has 1 aromatic rings. The maximum atomic E-state index is 12.4. The third-order valence-electron chi connectivity index (χ3n) is 2.76. The van der Waals surface area contributed by atoms with Crippen molar-refractivity contribution in [1.29, 1.82) is 0 Å². The molecule has 0 aliphatic rings.